The predicted octanol–water partition coefficient (Wildman–Crippen LogP) is 2.75. The second-order valence-electron chi connectivity index (χ2n) is 5.05. The number of fused-ring (bicyclic) bond motifs is 1. The molecule has 8 heteroatoms. The first-order chi connectivity index (χ1) is 11.1. The first-order valence-corrected chi connectivity index (χ1v) is 7.95. The summed E-state index contributed by atoms with van der Waals surface area (Å²) in [4.78, 5) is 11.9. The molecule has 0 saturated carbocycles. The van der Waals surface area contributed by atoms with Crippen molar-refractivity contribution >= 4 is 40.0 Å². The van der Waals surface area contributed by atoms with Gasteiger partial charge >= 0.3 is 0 Å². The fourth-order valence-electron chi connectivity index (χ4n) is 2.32. The zero-order valence-electron chi connectivity index (χ0n) is 12.2. The molecule has 3 aromatic rings. The maximum atomic E-state index is 11.9. The van der Waals surface area contributed by atoms with Crippen LogP contribution in [0.3, 0.4) is 0 Å². The van der Waals surface area contributed by atoms with Crippen LogP contribution in [0, 0.1) is 0 Å². The number of rotatable bonds is 6. The lowest BCUT2D eigenvalue weighted by molar-refractivity contribution is -0.121. The van der Waals surface area contributed by atoms with E-state index < -0.39 is 0 Å². The Balaban J connectivity index is 1.50. The number of amides is 1. The number of benzene rings is 1. The molecule has 1 N–H and O–H groups in total. The number of carbonyl (C=O) groups is 1. The van der Waals surface area contributed by atoms with Gasteiger partial charge < -0.3 is 5.32 Å². The lowest BCUT2D eigenvalue weighted by Crippen LogP contribution is -2.28. The van der Waals surface area contributed by atoms with Crippen molar-refractivity contribution in [2.24, 2.45) is 0 Å². The quantitative estimate of drug-likeness (QED) is 0.742. The number of nitrogens with zero attached hydrogens (tertiary/aromatic N) is 4. The fraction of sp³-hybridized carbons (Fsp3) is 0.267. The molecule has 0 saturated heterocycles. The number of para-hydroxylation sites is 1. The van der Waals surface area contributed by atoms with Crippen molar-refractivity contribution in [2.45, 2.75) is 19.5 Å². The van der Waals surface area contributed by atoms with Crippen LogP contribution in [-0.2, 0) is 17.9 Å². The highest BCUT2D eigenvalue weighted by Gasteiger charge is 2.09. The van der Waals surface area contributed by atoms with Crippen LogP contribution in [0.25, 0.3) is 10.9 Å². The van der Waals surface area contributed by atoms with Gasteiger partial charge in [0.05, 0.1) is 29.8 Å². The zero-order valence-corrected chi connectivity index (χ0v) is 13.8. The first-order valence-electron chi connectivity index (χ1n) is 7.19. The molecule has 120 valence electrons. The van der Waals surface area contributed by atoms with Gasteiger partial charge in [-0.05, 0) is 12.1 Å². The van der Waals surface area contributed by atoms with Crippen LogP contribution in [0.2, 0.25) is 10.2 Å². The Bertz CT molecular complexity index is 826. The van der Waals surface area contributed by atoms with E-state index in [1.807, 2.05) is 24.3 Å². The smallest absolute Gasteiger partial charge is 0.221 e. The molecule has 3 rings (SSSR count). The SMILES string of the molecule is O=C(CCn1nc(Cl)c2ccccc21)NCCn1cc(Cl)cn1. The molecule has 1 aromatic carbocycles. The number of hydrogen-bond acceptors (Lipinski definition) is 3. The maximum Gasteiger partial charge on any atom is 0.221 e. The van der Waals surface area contributed by atoms with Gasteiger partial charge in [-0.25, -0.2) is 0 Å². The largest absolute Gasteiger partial charge is 0.354 e. The van der Waals surface area contributed by atoms with Crippen LogP contribution in [0.1, 0.15) is 6.42 Å². The van der Waals surface area contributed by atoms with Gasteiger partial charge in [-0.3, -0.25) is 14.2 Å². The van der Waals surface area contributed by atoms with Crippen molar-refractivity contribution in [3.8, 4) is 0 Å². The van der Waals surface area contributed by atoms with Gasteiger partial charge in [0, 0.05) is 24.5 Å². The van der Waals surface area contributed by atoms with E-state index in [2.05, 4.69) is 15.5 Å². The number of halogens is 2. The fourth-order valence-corrected chi connectivity index (χ4v) is 2.73. The van der Waals surface area contributed by atoms with E-state index in [1.54, 1.807) is 21.8 Å². The van der Waals surface area contributed by atoms with Crippen LogP contribution in [0.4, 0.5) is 0 Å². The molecule has 0 spiro atoms. The molecule has 2 aromatic heterocycles. The van der Waals surface area contributed by atoms with Crippen molar-refractivity contribution in [2.75, 3.05) is 6.54 Å². The summed E-state index contributed by atoms with van der Waals surface area (Å²) < 4.78 is 3.44. The summed E-state index contributed by atoms with van der Waals surface area (Å²) >= 11 is 11.9. The summed E-state index contributed by atoms with van der Waals surface area (Å²) in [6.07, 6.45) is 3.61. The Hall–Kier alpha value is -2.05. The normalized spacial score (nSPS) is 11.0. The Kier molecular flexibility index (Phi) is 4.83. The van der Waals surface area contributed by atoms with Crippen molar-refractivity contribution in [3.05, 3.63) is 46.8 Å². The number of nitrogens with one attached hydrogen (secondary N) is 1. The molecule has 1 amide bonds. The summed E-state index contributed by atoms with van der Waals surface area (Å²) in [5, 5.41) is 13.1. The summed E-state index contributed by atoms with van der Waals surface area (Å²) in [6.45, 7) is 1.55. The van der Waals surface area contributed by atoms with E-state index in [4.69, 9.17) is 23.2 Å². The average molecular weight is 352 g/mol. The summed E-state index contributed by atoms with van der Waals surface area (Å²) in [6, 6.07) is 7.69. The molecule has 0 aliphatic rings. The second kappa shape index (κ2) is 7.02. The first kappa shape index (κ1) is 15.8. The molecule has 0 unspecified atom stereocenters. The van der Waals surface area contributed by atoms with Crippen LogP contribution in [0.5, 0.6) is 0 Å². The number of hydrogen-bond donors (Lipinski definition) is 1. The molecule has 0 fully saturated rings. The van der Waals surface area contributed by atoms with Crippen LogP contribution < -0.4 is 5.32 Å². The monoisotopic (exact) mass is 351 g/mol. The lowest BCUT2D eigenvalue weighted by atomic mass is 10.2. The zero-order chi connectivity index (χ0) is 16.2. The van der Waals surface area contributed by atoms with Gasteiger partial charge in [0.1, 0.15) is 0 Å². The Labute approximate surface area is 143 Å². The van der Waals surface area contributed by atoms with Crippen molar-refractivity contribution in [1.82, 2.24) is 24.9 Å². The maximum absolute atomic E-state index is 11.9. The molecule has 2 heterocycles. The highest BCUT2D eigenvalue weighted by molar-refractivity contribution is 6.34. The van der Waals surface area contributed by atoms with E-state index in [1.165, 1.54) is 0 Å². The van der Waals surface area contributed by atoms with Gasteiger partial charge in [-0.1, -0.05) is 35.3 Å². The highest BCUT2D eigenvalue weighted by Crippen LogP contribution is 2.22. The highest BCUT2D eigenvalue weighted by atomic mass is 35.5. The van der Waals surface area contributed by atoms with Crippen molar-refractivity contribution < 1.29 is 4.79 Å². The topological polar surface area (TPSA) is 64.7 Å². The summed E-state index contributed by atoms with van der Waals surface area (Å²) in [5.41, 5.74) is 0.927. The minimum atomic E-state index is -0.0426. The molecule has 0 aliphatic carbocycles. The lowest BCUT2D eigenvalue weighted by Gasteiger charge is -2.06. The van der Waals surface area contributed by atoms with E-state index in [9.17, 15) is 4.79 Å². The van der Waals surface area contributed by atoms with Gasteiger partial charge in [0.15, 0.2) is 5.15 Å². The summed E-state index contributed by atoms with van der Waals surface area (Å²) in [7, 11) is 0. The standard InChI is InChI=1S/C15H15Cl2N5O/c16-11-9-19-21(10-11)8-6-18-14(23)5-7-22-13-4-2-1-3-12(13)15(17)20-22/h1-4,9-10H,5-8H2,(H,18,23). The van der Waals surface area contributed by atoms with Crippen molar-refractivity contribution in [1.29, 1.82) is 0 Å². The molecule has 0 atom stereocenters. The van der Waals surface area contributed by atoms with Crippen LogP contribution in [-0.4, -0.2) is 32.0 Å². The Morgan fingerprint density at radius 2 is 2.04 bits per heavy atom. The average Bonchev–Trinajstić information content (AvgIpc) is 3.10. The van der Waals surface area contributed by atoms with Crippen LogP contribution in [0.15, 0.2) is 36.7 Å². The number of aryl methyl sites for hydroxylation is 1. The van der Waals surface area contributed by atoms with E-state index >= 15 is 0 Å². The molecule has 0 aliphatic heterocycles. The molecule has 6 nitrogen and oxygen atoms in total. The molecule has 0 bridgehead atoms. The second-order valence-corrected chi connectivity index (χ2v) is 5.85. The number of carbonyl (C=O) groups excluding carboxylic acids is 1. The number of aromatic nitrogens is 4. The van der Waals surface area contributed by atoms with E-state index in [0.717, 1.165) is 10.9 Å². The molecular formula is C15H15Cl2N5O. The molecule has 0 radical (unpaired) electrons. The van der Waals surface area contributed by atoms with Crippen molar-refractivity contribution in [3.63, 3.8) is 0 Å². The minimum Gasteiger partial charge on any atom is -0.354 e. The minimum absolute atomic E-state index is 0.0426. The van der Waals surface area contributed by atoms with Crippen LogP contribution >= 0.6 is 23.2 Å². The van der Waals surface area contributed by atoms with E-state index in [0.29, 0.717) is 36.2 Å². The third-order valence-electron chi connectivity index (χ3n) is 3.43. The third kappa shape index (κ3) is 3.83. The predicted molar refractivity (Wildman–Crippen MR) is 89.6 cm³/mol. The summed E-state index contributed by atoms with van der Waals surface area (Å²) in [5.74, 6) is -0.0426. The Morgan fingerprint density at radius 3 is 2.83 bits per heavy atom. The van der Waals surface area contributed by atoms with Gasteiger partial charge in [0.25, 0.3) is 0 Å². The van der Waals surface area contributed by atoms with Gasteiger partial charge in [-0.2, -0.15) is 10.2 Å². The molecular weight excluding hydrogens is 337 g/mol. The van der Waals surface area contributed by atoms with Gasteiger partial charge in [0.2, 0.25) is 5.91 Å². The Morgan fingerprint density at radius 1 is 1.22 bits per heavy atom. The molecule has 23 heavy (non-hydrogen) atoms. The third-order valence-corrected chi connectivity index (χ3v) is 3.90. The van der Waals surface area contributed by atoms with E-state index in [-0.39, 0.29) is 5.91 Å². The van der Waals surface area contributed by atoms with Gasteiger partial charge in [-0.15, -0.1) is 0 Å².